The summed E-state index contributed by atoms with van der Waals surface area (Å²) in [4.78, 5) is 2.19. The minimum absolute atomic E-state index is 0.612. The van der Waals surface area contributed by atoms with Crippen LogP contribution in [0.4, 0.5) is 11.4 Å². The molecule has 0 aromatic heterocycles. The molecule has 32 heavy (non-hydrogen) atoms. The van der Waals surface area contributed by atoms with Crippen LogP contribution in [0.5, 0.6) is 0 Å². The third kappa shape index (κ3) is 3.87. The SMILES string of the molecule is CN(c1ccccc1)c1ccc(P(=O)(N2CCOCC2)N2CCOCC2)c2ccccc12. The summed E-state index contributed by atoms with van der Waals surface area (Å²) in [7, 11) is -0.918. The fraction of sp³-hybridized carbons (Fsp3) is 0.360. The lowest BCUT2D eigenvalue weighted by atomic mass is 10.1. The average molecular weight is 452 g/mol. The first kappa shape index (κ1) is 21.6. The van der Waals surface area contributed by atoms with Gasteiger partial charge in [-0.3, -0.25) is 4.57 Å². The van der Waals surface area contributed by atoms with Crippen molar-refractivity contribution in [3.63, 3.8) is 0 Å². The zero-order valence-corrected chi connectivity index (χ0v) is 19.4. The molecule has 0 saturated carbocycles. The van der Waals surface area contributed by atoms with E-state index in [-0.39, 0.29) is 0 Å². The van der Waals surface area contributed by atoms with Gasteiger partial charge in [-0.05, 0) is 29.7 Å². The van der Waals surface area contributed by atoms with Crippen molar-refractivity contribution < 1.29 is 14.0 Å². The Bertz CT molecular complexity index is 1090. The van der Waals surface area contributed by atoms with Crippen LogP contribution in [0.25, 0.3) is 10.8 Å². The fourth-order valence-corrected chi connectivity index (χ4v) is 7.89. The second-order valence-corrected chi connectivity index (χ2v) is 10.9. The Morgan fingerprint density at radius 3 is 1.84 bits per heavy atom. The molecule has 2 fully saturated rings. The highest BCUT2D eigenvalue weighted by atomic mass is 31.2. The Balaban J connectivity index is 1.66. The molecular formula is C25H30N3O3P. The topological polar surface area (TPSA) is 45.2 Å². The molecule has 168 valence electrons. The zero-order chi connectivity index (χ0) is 22.0. The molecule has 0 spiro atoms. The van der Waals surface area contributed by atoms with E-state index in [0.717, 1.165) is 27.5 Å². The summed E-state index contributed by atoms with van der Waals surface area (Å²) < 4.78 is 30.5. The third-order valence-corrected chi connectivity index (χ3v) is 9.79. The molecule has 0 amide bonds. The lowest BCUT2D eigenvalue weighted by Crippen LogP contribution is -2.46. The standard InChI is InChI=1S/C25H30N3O3P/c1-26(21-7-3-2-4-8-21)24-11-12-25(23-10-6-5-9-22(23)24)32(29,27-13-17-30-18-14-27)28-15-19-31-20-16-28/h2-12H,13-20H2,1H3. The van der Waals surface area contributed by atoms with Gasteiger partial charge in [0.15, 0.2) is 0 Å². The predicted molar refractivity (Wildman–Crippen MR) is 130 cm³/mol. The van der Waals surface area contributed by atoms with Gasteiger partial charge in [-0.1, -0.05) is 42.5 Å². The van der Waals surface area contributed by atoms with E-state index in [4.69, 9.17) is 9.47 Å². The largest absolute Gasteiger partial charge is 0.379 e. The van der Waals surface area contributed by atoms with Crippen molar-refractivity contribution in [1.29, 1.82) is 0 Å². The minimum atomic E-state index is -3.00. The van der Waals surface area contributed by atoms with Gasteiger partial charge < -0.3 is 14.4 Å². The summed E-state index contributed by atoms with van der Waals surface area (Å²) in [5.74, 6) is 0. The lowest BCUT2D eigenvalue weighted by molar-refractivity contribution is 0.0538. The highest BCUT2D eigenvalue weighted by molar-refractivity contribution is 7.67. The molecule has 0 radical (unpaired) electrons. The summed E-state index contributed by atoms with van der Waals surface area (Å²) in [5.41, 5.74) is 2.22. The molecular weight excluding hydrogens is 421 g/mol. The smallest absolute Gasteiger partial charge is 0.246 e. The number of ether oxygens (including phenoxy) is 2. The summed E-state index contributed by atoms with van der Waals surface area (Å²) in [6, 6.07) is 22.9. The van der Waals surface area contributed by atoms with Crippen LogP contribution in [0, 0.1) is 0 Å². The van der Waals surface area contributed by atoms with Crippen molar-refractivity contribution in [2.24, 2.45) is 0 Å². The van der Waals surface area contributed by atoms with Crippen LogP contribution in [0.15, 0.2) is 66.7 Å². The van der Waals surface area contributed by atoms with Crippen LogP contribution < -0.4 is 10.2 Å². The van der Waals surface area contributed by atoms with E-state index in [0.29, 0.717) is 52.6 Å². The van der Waals surface area contributed by atoms with Gasteiger partial charge in [-0.2, -0.15) is 0 Å². The second-order valence-electron chi connectivity index (χ2n) is 8.22. The van der Waals surface area contributed by atoms with Crippen LogP contribution in [0.2, 0.25) is 0 Å². The third-order valence-electron chi connectivity index (χ3n) is 6.44. The number of hydrogen-bond donors (Lipinski definition) is 0. The van der Waals surface area contributed by atoms with Crippen molar-refractivity contribution >= 4 is 34.9 Å². The normalized spacial score (nSPS) is 18.7. The number of anilines is 2. The average Bonchev–Trinajstić information content (AvgIpc) is 2.89. The van der Waals surface area contributed by atoms with Crippen molar-refractivity contribution in [2.75, 3.05) is 64.6 Å². The molecule has 0 bridgehead atoms. The van der Waals surface area contributed by atoms with Gasteiger partial charge in [0.05, 0.1) is 26.4 Å². The number of morpholine rings is 2. The number of nitrogens with zero attached hydrogens (tertiary/aromatic N) is 3. The quantitative estimate of drug-likeness (QED) is 0.545. The summed E-state index contributed by atoms with van der Waals surface area (Å²) in [6.07, 6.45) is 0. The van der Waals surface area contributed by atoms with Gasteiger partial charge in [0.2, 0.25) is 7.44 Å². The van der Waals surface area contributed by atoms with E-state index >= 15 is 4.57 Å². The van der Waals surface area contributed by atoms with E-state index in [9.17, 15) is 0 Å². The van der Waals surface area contributed by atoms with Gasteiger partial charge in [-0.25, -0.2) is 9.34 Å². The molecule has 2 aliphatic heterocycles. The van der Waals surface area contributed by atoms with Crippen LogP contribution >= 0.6 is 7.44 Å². The van der Waals surface area contributed by atoms with Crippen LogP contribution in [0.1, 0.15) is 0 Å². The molecule has 2 aliphatic rings. The van der Waals surface area contributed by atoms with E-state index in [1.54, 1.807) is 0 Å². The van der Waals surface area contributed by atoms with E-state index in [1.165, 1.54) is 0 Å². The number of rotatable bonds is 5. The Morgan fingerprint density at radius 1 is 0.719 bits per heavy atom. The van der Waals surface area contributed by atoms with Crippen LogP contribution in [-0.4, -0.2) is 69.0 Å². The maximum absolute atomic E-state index is 15.0. The number of benzene rings is 3. The molecule has 0 atom stereocenters. The Labute approximate surface area is 189 Å². The molecule has 0 unspecified atom stereocenters. The van der Waals surface area contributed by atoms with Crippen molar-refractivity contribution in [1.82, 2.24) is 9.34 Å². The lowest BCUT2D eigenvalue weighted by Gasteiger charge is -2.43. The molecule has 2 heterocycles. The highest BCUT2D eigenvalue weighted by Gasteiger charge is 2.41. The first-order chi connectivity index (χ1) is 15.7. The van der Waals surface area contributed by atoms with Gasteiger partial charge in [-0.15, -0.1) is 0 Å². The maximum atomic E-state index is 15.0. The molecule has 0 aliphatic carbocycles. The summed E-state index contributed by atoms with van der Waals surface area (Å²) in [6.45, 7) is 5.15. The number of para-hydroxylation sites is 1. The minimum Gasteiger partial charge on any atom is -0.379 e. The van der Waals surface area contributed by atoms with Crippen molar-refractivity contribution in [3.05, 3.63) is 66.7 Å². The predicted octanol–water partition coefficient (Wildman–Crippen LogP) is 4.09. The van der Waals surface area contributed by atoms with Crippen LogP contribution in [0.3, 0.4) is 0 Å². The molecule has 3 aromatic rings. The highest BCUT2D eigenvalue weighted by Crippen LogP contribution is 2.54. The van der Waals surface area contributed by atoms with Gasteiger partial charge in [0, 0.05) is 55.3 Å². The first-order valence-electron chi connectivity index (χ1n) is 11.3. The van der Waals surface area contributed by atoms with Crippen molar-refractivity contribution in [3.8, 4) is 0 Å². The Hall–Kier alpha value is -2.21. The summed E-state index contributed by atoms with van der Waals surface area (Å²) in [5, 5.41) is 3.08. The monoisotopic (exact) mass is 451 g/mol. The van der Waals surface area contributed by atoms with Crippen molar-refractivity contribution in [2.45, 2.75) is 0 Å². The molecule has 2 saturated heterocycles. The number of fused-ring (bicyclic) bond motifs is 1. The van der Waals surface area contributed by atoms with Crippen LogP contribution in [-0.2, 0) is 14.0 Å². The second kappa shape index (κ2) is 9.34. The molecule has 3 aromatic carbocycles. The Morgan fingerprint density at radius 2 is 1.25 bits per heavy atom. The first-order valence-corrected chi connectivity index (χ1v) is 12.9. The number of hydrogen-bond acceptors (Lipinski definition) is 4. The van der Waals surface area contributed by atoms with E-state index in [2.05, 4.69) is 63.8 Å². The molecule has 5 rings (SSSR count). The maximum Gasteiger partial charge on any atom is 0.246 e. The molecule has 7 heteroatoms. The van der Waals surface area contributed by atoms with E-state index < -0.39 is 7.44 Å². The fourth-order valence-electron chi connectivity index (χ4n) is 4.74. The zero-order valence-electron chi connectivity index (χ0n) is 18.5. The molecule has 0 N–H and O–H groups in total. The van der Waals surface area contributed by atoms with Gasteiger partial charge in [0.1, 0.15) is 0 Å². The molecule has 6 nitrogen and oxygen atoms in total. The van der Waals surface area contributed by atoms with Gasteiger partial charge in [0.25, 0.3) is 0 Å². The summed E-state index contributed by atoms with van der Waals surface area (Å²) >= 11 is 0. The van der Waals surface area contributed by atoms with E-state index in [1.807, 2.05) is 24.3 Å². The Kier molecular flexibility index (Phi) is 6.31. The van der Waals surface area contributed by atoms with Gasteiger partial charge >= 0.3 is 0 Å².